The summed E-state index contributed by atoms with van der Waals surface area (Å²) in [7, 11) is 0. The van der Waals surface area contributed by atoms with Crippen LogP contribution in [0.25, 0.3) is 77.3 Å². The highest BCUT2D eigenvalue weighted by atomic mass is 16.4. The van der Waals surface area contributed by atoms with Crippen LogP contribution in [-0.4, -0.2) is 4.98 Å². The van der Waals surface area contributed by atoms with E-state index in [1.165, 1.54) is 60.3 Å². The number of nitrogens with zero attached hydrogens (tertiary/aromatic N) is 1. The summed E-state index contributed by atoms with van der Waals surface area (Å²) in [5.74, 6) is 1.40. The topological polar surface area (TPSA) is 26.0 Å². The van der Waals surface area contributed by atoms with E-state index in [0.29, 0.717) is 5.89 Å². The second-order valence-corrected chi connectivity index (χ2v) is 14.9. The van der Waals surface area contributed by atoms with Crippen LogP contribution < -0.4 is 0 Å². The van der Waals surface area contributed by atoms with Crippen molar-refractivity contribution in [3.05, 3.63) is 139 Å². The van der Waals surface area contributed by atoms with Crippen LogP contribution in [0.1, 0.15) is 52.7 Å². The Hall–Kier alpha value is -5.21. The number of benzene rings is 7. The van der Waals surface area contributed by atoms with Gasteiger partial charge in [-0.1, -0.05) is 157 Å². The maximum Gasteiger partial charge on any atom is 0.227 e. The van der Waals surface area contributed by atoms with Crippen LogP contribution in [0.15, 0.2) is 132 Å². The summed E-state index contributed by atoms with van der Waals surface area (Å²) >= 11 is 0. The molecule has 0 unspecified atom stereocenters. The van der Waals surface area contributed by atoms with E-state index in [-0.39, 0.29) is 10.8 Å². The van der Waals surface area contributed by atoms with Crippen molar-refractivity contribution in [2.45, 2.75) is 52.4 Å². The SMILES string of the molecule is CC(C)(C)c1ccc(-c2ccc3ccc4c(-c5ccc(C(C)(C)C)cc5)cc(-c5ncc(-c6ccccc6)o5)c5ccc2c3c45)cc1. The zero-order valence-electron chi connectivity index (χ0n) is 28.0. The Kier molecular flexibility index (Phi) is 6.63. The van der Waals surface area contributed by atoms with E-state index in [4.69, 9.17) is 9.40 Å². The summed E-state index contributed by atoms with van der Waals surface area (Å²) in [6, 6.07) is 44.3. The minimum atomic E-state index is 0.0831. The van der Waals surface area contributed by atoms with E-state index < -0.39 is 0 Å². The monoisotopic (exact) mass is 609 g/mol. The maximum atomic E-state index is 6.52. The van der Waals surface area contributed by atoms with Gasteiger partial charge < -0.3 is 4.42 Å². The molecule has 7 aromatic carbocycles. The lowest BCUT2D eigenvalue weighted by Gasteiger charge is -2.21. The number of rotatable bonds is 4. The normalized spacial score (nSPS) is 12.5. The minimum absolute atomic E-state index is 0.0831. The van der Waals surface area contributed by atoms with Crippen LogP contribution in [-0.2, 0) is 10.8 Å². The number of hydrogen-bond acceptors (Lipinski definition) is 2. The Morgan fingerprint density at radius 1 is 0.468 bits per heavy atom. The van der Waals surface area contributed by atoms with Gasteiger partial charge in [-0.05, 0) is 82.6 Å². The van der Waals surface area contributed by atoms with Crippen LogP contribution in [0.2, 0.25) is 0 Å². The molecule has 8 rings (SSSR count). The first-order chi connectivity index (χ1) is 22.6. The summed E-state index contributed by atoms with van der Waals surface area (Å²) in [6.07, 6.45) is 1.85. The van der Waals surface area contributed by atoms with Gasteiger partial charge in [0, 0.05) is 11.1 Å². The molecule has 0 N–H and O–H groups in total. The van der Waals surface area contributed by atoms with Crippen LogP contribution in [0, 0.1) is 0 Å². The Balaban J connectivity index is 1.40. The zero-order chi connectivity index (χ0) is 32.5. The lowest BCUT2D eigenvalue weighted by atomic mass is 9.83. The van der Waals surface area contributed by atoms with Crippen molar-refractivity contribution >= 4 is 32.3 Å². The fraction of sp³-hybridized carbons (Fsp3) is 0.178. The largest absolute Gasteiger partial charge is 0.436 e. The van der Waals surface area contributed by atoms with Crippen LogP contribution in [0.4, 0.5) is 0 Å². The molecule has 0 aliphatic heterocycles. The predicted octanol–water partition coefficient (Wildman–Crippen LogP) is 12.8. The van der Waals surface area contributed by atoms with E-state index in [9.17, 15) is 0 Å². The van der Waals surface area contributed by atoms with E-state index in [1.807, 2.05) is 24.4 Å². The van der Waals surface area contributed by atoms with Crippen molar-refractivity contribution in [1.82, 2.24) is 4.98 Å². The minimum Gasteiger partial charge on any atom is -0.436 e. The molecule has 0 saturated carbocycles. The van der Waals surface area contributed by atoms with E-state index in [0.717, 1.165) is 22.3 Å². The summed E-state index contributed by atoms with van der Waals surface area (Å²) in [4.78, 5) is 4.85. The Morgan fingerprint density at radius 3 is 1.62 bits per heavy atom. The van der Waals surface area contributed by atoms with Gasteiger partial charge in [0.2, 0.25) is 5.89 Å². The fourth-order valence-electron chi connectivity index (χ4n) is 7.00. The highest BCUT2D eigenvalue weighted by molar-refractivity contribution is 6.29. The van der Waals surface area contributed by atoms with Gasteiger partial charge in [0.05, 0.1) is 6.20 Å². The summed E-state index contributed by atoms with van der Waals surface area (Å²) < 4.78 is 6.52. The molecule has 0 saturated heterocycles. The first-order valence-electron chi connectivity index (χ1n) is 16.5. The first-order valence-corrected chi connectivity index (χ1v) is 16.5. The van der Waals surface area contributed by atoms with Crippen molar-refractivity contribution < 1.29 is 4.42 Å². The molecule has 2 nitrogen and oxygen atoms in total. The van der Waals surface area contributed by atoms with Gasteiger partial charge >= 0.3 is 0 Å². The van der Waals surface area contributed by atoms with E-state index in [2.05, 4.69) is 145 Å². The average Bonchev–Trinajstić information content (AvgIpc) is 3.57. The summed E-state index contributed by atoms with van der Waals surface area (Å²) in [5.41, 5.74) is 9.72. The van der Waals surface area contributed by atoms with E-state index in [1.54, 1.807) is 0 Å². The molecule has 0 aliphatic rings. The molecule has 0 bridgehead atoms. The van der Waals surface area contributed by atoms with Crippen molar-refractivity contribution in [1.29, 1.82) is 0 Å². The van der Waals surface area contributed by atoms with Gasteiger partial charge in [-0.3, -0.25) is 0 Å². The number of aromatic nitrogens is 1. The quantitative estimate of drug-likeness (QED) is 0.186. The molecule has 0 radical (unpaired) electrons. The Bertz CT molecular complexity index is 2380. The highest BCUT2D eigenvalue weighted by Gasteiger charge is 2.22. The standard InChI is InChI=1S/C45H39NO/c1-44(2,3)32-18-12-28(13-19-32)34-22-16-31-17-23-36-38(29-14-20-33(21-15-29)45(4,5)6)26-39(37-25-24-35(34)41(31)42(36)37)43-46-27-40(47-43)30-10-8-7-9-11-30/h7-27H,1-6H3. The Morgan fingerprint density at radius 2 is 1.00 bits per heavy atom. The van der Waals surface area contributed by atoms with Crippen LogP contribution in [0.3, 0.4) is 0 Å². The third-order valence-electron chi connectivity index (χ3n) is 9.70. The molecule has 47 heavy (non-hydrogen) atoms. The molecule has 0 fully saturated rings. The van der Waals surface area contributed by atoms with Crippen molar-refractivity contribution in [2.75, 3.05) is 0 Å². The average molecular weight is 610 g/mol. The third kappa shape index (κ3) is 5.00. The van der Waals surface area contributed by atoms with Crippen molar-refractivity contribution in [2.24, 2.45) is 0 Å². The van der Waals surface area contributed by atoms with Gasteiger partial charge in [0.1, 0.15) is 0 Å². The molecule has 8 aromatic rings. The number of hydrogen-bond donors (Lipinski definition) is 0. The van der Waals surface area contributed by atoms with E-state index >= 15 is 0 Å². The molecule has 0 amide bonds. The molecule has 0 atom stereocenters. The molecule has 230 valence electrons. The number of oxazole rings is 1. The van der Waals surface area contributed by atoms with Crippen LogP contribution in [0.5, 0.6) is 0 Å². The predicted molar refractivity (Wildman–Crippen MR) is 199 cm³/mol. The van der Waals surface area contributed by atoms with Gasteiger partial charge in [-0.2, -0.15) is 0 Å². The van der Waals surface area contributed by atoms with Gasteiger partial charge in [-0.25, -0.2) is 4.98 Å². The maximum absolute atomic E-state index is 6.52. The highest BCUT2D eigenvalue weighted by Crippen LogP contribution is 2.46. The van der Waals surface area contributed by atoms with Crippen molar-refractivity contribution in [3.8, 4) is 45.0 Å². The molecule has 0 spiro atoms. The third-order valence-corrected chi connectivity index (χ3v) is 9.70. The molecular formula is C45H39NO. The smallest absolute Gasteiger partial charge is 0.227 e. The molecule has 1 heterocycles. The second kappa shape index (κ2) is 10.7. The summed E-state index contributed by atoms with van der Waals surface area (Å²) in [6.45, 7) is 13.6. The molecule has 0 aliphatic carbocycles. The summed E-state index contributed by atoms with van der Waals surface area (Å²) in [5, 5.41) is 7.40. The Labute approximate surface area is 277 Å². The zero-order valence-corrected chi connectivity index (χ0v) is 28.0. The molecule has 2 heteroatoms. The lowest BCUT2D eigenvalue weighted by Crippen LogP contribution is -2.10. The molecule has 1 aromatic heterocycles. The molecular weight excluding hydrogens is 571 g/mol. The fourth-order valence-corrected chi connectivity index (χ4v) is 7.00. The lowest BCUT2D eigenvalue weighted by molar-refractivity contribution is 0.589. The first kappa shape index (κ1) is 29.2. The van der Waals surface area contributed by atoms with Gasteiger partial charge in [0.25, 0.3) is 0 Å². The second-order valence-electron chi connectivity index (χ2n) is 14.9. The van der Waals surface area contributed by atoms with Crippen LogP contribution >= 0.6 is 0 Å². The van der Waals surface area contributed by atoms with Crippen molar-refractivity contribution in [3.63, 3.8) is 0 Å². The van der Waals surface area contributed by atoms with Gasteiger partial charge in [-0.15, -0.1) is 0 Å². The van der Waals surface area contributed by atoms with Gasteiger partial charge in [0.15, 0.2) is 5.76 Å².